The van der Waals surface area contributed by atoms with E-state index in [2.05, 4.69) is 5.32 Å². The van der Waals surface area contributed by atoms with E-state index in [0.29, 0.717) is 37.9 Å². The van der Waals surface area contributed by atoms with E-state index in [-0.39, 0.29) is 41.2 Å². The van der Waals surface area contributed by atoms with Crippen LogP contribution < -0.4 is 5.32 Å². The SMILES string of the molecule is CC(C)CC1(C2CCN(C(=O)c3ccc(F)c(Cl)c3)CC2)NC(=O)N(Cc2cccs2)C1=O. The molecule has 0 bridgehead atoms. The minimum Gasteiger partial charge on any atom is -0.339 e. The van der Waals surface area contributed by atoms with Crippen molar-refractivity contribution in [1.29, 1.82) is 0 Å². The number of urea groups is 1. The van der Waals surface area contributed by atoms with Gasteiger partial charge in [-0.15, -0.1) is 11.3 Å². The van der Waals surface area contributed by atoms with Crippen LogP contribution in [0.25, 0.3) is 0 Å². The van der Waals surface area contributed by atoms with Gasteiger partial charge in [0.1, 0.15) is 11.4 Å². The van der Waals surface area contributed by atoms with Gasteiger partial charge in [0.2, 0.25) is 0 Å². The van der Waals surface area contributed by atoms with Crippen molar-refractivity contribution in [3.05, 3.63) is 57.0 Å². The zero-order valence-corrected chi connectivity index (χ0v) is 20.2. The van der Waals surface area contributed by atoms with E-state index in [4.69, 9.17) is 11.6 Å². The number of amides is 4. The largest absolute Gasteiger partial charge is 0.339 e. The summed E-state index contributed by atoms with van der Waals surface area (Å²) in [6.07, 6.45) is 1.73. The summed E-state index contributed by atoms with van der Waals surface area (Å²) in [5.74, 6) is -0.827. The second-order valence-electron chi connectivity index (χ2n) is 9.17. The minimum atomic E-state index is -0.961. The maximum Gasteiger partial charge on any atom is 0.325 e. The van der Waals surface area contributed by atoms with Gasteiger partial charge in [-0.3, -0.25) is 14.5 Å². The van der Waals surface area contributed by atoms with Crippen molar-refractivity contribution >= 4 is 40.8 Å². The van der Waals surface area contributed by atoms with Gasteiger partial charge in [0.05, 0.1) is 11.6 Å². The van der Waals surface area contributed by atoms with Gasteiger partial charge in [-0.25, -0.2) is 9.18 Å². The molecule has 2 aliphatic rings. The van der Waals surface area contributed by atoms with Gasteiger partial charge in [-0.2, -0.15) is 0 Å². The zero-order chi connectivity index (χ0) is 23.8. The zero-order valence-electron chi connectivity index (χ0n) is 18.6. The molecule has 9 heteroatoms. The molecule has 1 aromatic carbocycles. The molecule has 4 rings (SSSR count). The number of nitrogens with zero attached hydrogens (tertiary/aromatic N) is 2. The molecular weight excluding hydrogens is 465 g/mol. The number of imide groups is 1. The van der Waals surface area contributed by atoms with Crippen LogP contribution in [0.1, 0.15) is 48.3 Å². The van der Waals surface area contributed by atoms with Crippen LogP contribution >= 0.6 is 22.9 Å². The van der Waals surface area contributed by atoms with Crippen LogP contribution in [0.3, 0.4) is 0 Å². The van der Waals surface area contributed by atoms with Crippen molar-refractivity contribution in [2.24, 2.45) is 11.8 Å². The van der Waals surface area contributed by atoms with Gasteiger partial charge in [-0.05, 0) is 60.7 Å². The Balaban J connectivity index is 1.50. The van der Waals surface area contributed by atoms with Crippen LogP contribution in [0, 0.1) is 17.7 Å². The fraction of sp³-hybridized carbons (Fsp3) is 0.458. The molecule has 4 amide bonds. The summed E-state index contributed by atoms with van der Waals surface area (Å²) >= 11 is 7.36. The van der Waals surface area contributed by atoms with E-state index in [1.54, 1.807) is 4.90 Å². The Kier molecular flexibility index (Phi) is 6.77. The molecule has 176 valence electrons. The highest BCUT2D eigenvalue weighted by Crippen LogP contribution is 2.39. The average molecular weight is 492 g/mol. The summed E-state index contributed by atoms with van der Waals surface area (Å²) in [5, 5.41) is 4.89. The quantitative estimate of drug-likeness (QED) is 0.582. The molecule has 3 heterocycles. The molecule has 1 aromatic heterocycles. The van der Waals surface area contributed by atoms with Crippen LogP contribution in [0.2, 0.25) is 5.02 Å². The number of thiophene rings is 1. The van der Waals surface area contributed by atoms with Crippen molar-refractivity contribution in [1.82, 2.24) is 15.1 Å². The number of piperidine rings is 1. The first-order valence-electron chi connectivity index (χ1n) is 11.1. The summed E-state index contributed by atoms with van der Waals surface area (Å²) in [4.78, 5) is 43.4. The lowest BCUT2D eigenvalue weighted by Gasteiger charge is -2.41. The Morgan fingerprint density at radius 1 is 1.27 bits per heavy atom. The Morgan fingerprint density at radius 3 is 2.61 bits per heavy atom. The number of benzene rings is 1. The fourth-order valence-corrected chi connectivity index (χ4v) is 5.83. The van der Waals surface area contributed by atoms with Gasteiger partial charge in [0.25, 0.3) is 11.8 Å². The summed E-state index contributed by atoms with van der Waals surface area (Å²) in [6.45, 7) is 5.25. The summed E-state index contributed by atoms with van der Waals surface area (Å²) in [6, 6.07) is 7.43. The van der Waals surface area contributed by atoms with E-state index in [0.717, 1.165) is 4.88 Å². The van der Waals surface area contributed by atoms with E-state index in [9.17, 15) is 18.8 Å². The highest BCUT2D eigenvalue weighted by Gasteiger charge is 2.56. The molecular formula is C24H27ClFN3O3S. The molecule has 2 fully saturated rings. The Bertz CT molecular complexity index is 1050. The molecule has 1 N–H and O–H groups in total. The highest BCUT2D eigenvalue weighted by molar-refractivity contribution is 7.09. The number of hydrogen-bond acceptors (Lipinski definition) is 4. The van der Waals surface area contributed by atoms with E-state index < -0.39 is 11.4 Å². The predicted octanol–water partition coefficient (Wildman–Crippen LogP) is 4.93. The molecule has 0 radical (unpaired) electrons. The number of rotatable bonds is 6. The van der Waals surface area contributed by atoms with Crippen molar-refractivity contribution in [3.63, 3.8) is 0 Å². The van der Waals surface area contributed by atoms with Crippen molar-refractivity contribution in [2.75, 3.05) is 13.1 Å². The summed E-state index contributed by atoms with van der Waals surface area (Å²) in [7, 11) is 0. The third-order valence-electron chi connectivity index (χ3n) is 6.47. The average Bonchev–Trinajstić information content (AvgIpc) is 3.38. The third-order valence-corrected chi connectivity index (χ3v) is 7.62. The number of hydrogen-bond donors (Lipinski definition) is 1. The highest BCUT2D eigenvalue weighted by atomic mass is 35.5. The summed E-state index contributed by atoms with van der Waals surface area (Å²) in [5.41, 5.74) is -0.624. The smallest absolute Gasteiger partial charge is 0.325 e. The van der Waals surface area contributed by atoms with Crippen LogP contribution in [0.4, 0.5) is 9.18 Å². The van der Waals surface area contributed by atoms with Crippen molar-refractivity contribution in [3.8, 4) is 0 Å². The predicted molar refractivity (Wildman–Crippen MR) is 126 cm³/mol. The fourth-order valence-electron chi connectivity index (χ4n) is 4.96. The molecule has 0 saturated carbocycles. The lowest BCUT2D eigenvalue weighted by Crippen LogP contribution is -2.57. The monoisotopic (exact) mass is 491 g/mol. The number of nitrogens with one attached hydrogen (secondary N) is 1. The normalized spacial score (nSPS) is 21.7. The summed E-state index contributed by atoms with van der Waals surface area (Å²) < 4.78 is 13.5. The number of halogens is 2. The first-order valence-corrected chi connectivity index (χ1v) is 12.4. The van der Waals surface area contributed by atoms with Gasteiger partial charge in [0, 0.05) is 23.5 Å². The molecule has 0 aliphatic carbocycles. The Labute approximate surface area is 201 Å². The molecule has 0 spiro atoms. The van der Waals surface area contributed by atoms with Crippen LogP contribution in [-0.4, -0.2) is 46.3 Å². The lowest BCUT2D eigenvalue weighted by molar-refractivity contribution is -0.135. The van der Waals surface area contributed by atoms with Gasteiger partial charge in [0.15, 0.2) is 0 Å². The molecule has 6 nitrogen and oxygen atoms in total. The third kappa shape index (κ3) is 4.64. The number of carbonyl (C=O) groups excluding carboxylic acids is 3. The lowest BCUT2D eigenvalue weighted by atomic mass is 9.73. The second kappa shape index (κ2) is 9.43. The van der Waals surface area contributed by atoms with E-state index in [1.807, 2.05) is 31.4 Å². The van der Waals surface area contributed by atoms with Gasteiger partial charge in [-0.1, -0.05) is 31.5 Å². The first-order chi connectivity index (χ1) is 15.7. The van der Waals surface area contributed by atoms with Gasteiger partial charge >= 0.3 is 6.03 Å². The standard InChI is InChI=1S/C24H27ClFN3O3S/c1-15(2)13-24(22(31)29(23(32)27-24)14-18-4-3-11-33-18)17-7-9-28(10-8-17)21(30)16-5-6-20(26)19(25)12-16/h3-6,11-12,15,17H,7-10,13-14H2,1-2H3,(H,27,32). The maximum atomic E-state index is 13.6. The maximum absolute atomic E-state index is 13.6. The first kappa shape index (κ1) is 23.7. The van der Waals surface area contributed by atoms with Crippen LogP contribution in [0.15, 0.2) is 35.7 Å². The number of likely N-dealkylation sites (tertiary alicyclic amines) is 1. The van der Waals surface area contributed by atoms with Crippen molar-refractivity contribution < 1.29 is 18.8 Å². The van der Waals surface area contributed by atoms with Gasteiger partial charge < -0.3 is 10.2 Å². The number of carbonyl (C=O) groups is 3. The molecule has 2 saturated heterocycles. The Hall–Kier alpha value is -2.45. The van der Waals surface area contributed by atoms with Crippen molar-refractivity contribution in [2.45, 2.75) is 45.2 Å². The molecule has 2 aliphatic heterocycles. The minimum absolute atomic E-state index is 0.0782. The van der Waals surface area contributed by atoms with E-state index in [1.165, 1.54) is 34.4 Å². The molecule has 1 unspecified atom stereocenters. The van der Waals surface area contributed by atoms with Crippen LogP contribution in [-0.2, 0) is 11.3 Å². The van der Waals surface area contributed by atoms with E-state index >= 15 is 0 Å². The second-order valence-corrected chi connectivity index (χ2v) is 10.6. The van der Waals surface area contributed by atoms with Crippen LogP contribution in [0.5, 0.6) is 0 Å². The Morgan fingerprint density at radius 2 is 2.00 bits per heavy atom. The molecule has 33 heavy (non-hydrogen) atoms. The molecule has 1 atom stereocenters. The topological polar surface area (TPSA) is 69.7 Å². The molecule has 2 aromatic rings.